The Morgan fingerprint density at radius 1 is 1.50 bits per heavy atom. The van der Waals surface area contributed by atoms with Crippen LogP contribution in [0.1, 0.15) is 28.9 Å². The molecular weight excluding hydrogens is 230 g/mol. The molecule has 0 atom stereocenters. The predicted octanol–water partition coefficient (Wildman–Crippen LogP) is 1.59. The van der Waals surface area contributed by atoms with Crippen LogP contribution in [-0.2, 0) is 0 Å². The van der Waals surface area contributed by atoms with E-state index < -0.39 is 5.97 Å². The second-order valence-electron chi connectivity index (χ2n) is 4.90. The molecule has 2 rings (SSSR count). The van der Waals surface area contributed by atoms with Crippen molar-refractivity contribution in [3.63, 3.8) is 0 Å². The van der Waals surface area contributed by atoms with Crippen molar-refractivity contribution in [2.75, 3.05) is 25.5 Å². The minimum atomic E-state index is -0.932. The molecule has 2 N–H and O–H groups in total. The van der Waals surface area contributed by atoms with E-state index in [1.165, 1.54) is 6.20 Å². The summed E-state index contributed by atoms with van der Waals surface area (Å²) in [5.41, 5.74) is 1.76. The number of anilines is 1. The van der Waals surface area contributed by atoms with Gasteiger partial charge in [-0.25, -0.2) is 4.79 Å². The monoisotopic (exact) mass is 249 g/mol. The number of piperidine rings is 1. The van der Waals surface area contributed by atoms with Crippen molar-refractivity contribution in [2.24, 2.45) is 0 Å². The van der Waals surface area contributed by atoms with Crippen molar-refractivity contribution in [2.45, 2.75) is 25.8 Å². The Hall–Kier alpha value is -1.62. The van der Waals surface area contributed by atoms with Gasteiger partial charge in [0, 0.05) is 17.9 Å². The first-order chi connectivity index (χ1) is 8.56. The second-order valence-corrected chi connectivity index (χ2v) is 4.90. The highest BCUT2D eigenvalue weighted by molar-refractivity contribution is 5.93. The number of pyridine rings is 1. The van der Waals surface area contributed by atoms with Gasteiger partial charge < -0.3 is 15.3 Å². The number of carbonyl (C=O) groups is 1. The maximum Gasteiger partial charge on any atom is 0.339 e. The van der Waals surface area contributed by atoms with Gasteiger partial charge in [0.1, 0.15) is 5.56 Å². The maximum atomic E-state index is 11.1. The van der Waals surface area contributed by atoms with Crippen LogP contribution in [-0.4, -0.2) is 47.1 Å². The van der Waals surface area contributed by atoms with E-state index in [0.29, 0.717) is 11.7 Å². The summed E-state index contributed by atoms with van der Waals surface area (Å²) in [6.45, 7) is 3.96. The van der Waals surface area contributed by atoms with Crippen molar-refractivity contribution < 1.29 is 9.90 Å². The molecule has 0 amide bonds. The van der Waals surface area contributed by atoms with Gasteiger partial charge >= 0.3 is 5.97 Å². The minimum absolute atomic E-state index is 0.250. The lowest BCUT2D eigenvalue weighted by Gasteiger charge is -2.30. The van der Waals surface area contributed by atoms with Gasteiger partial charge in [0.15, 0.2) is 0 Å². The van der Waals surface area contributed by atoms with Crippen molar-refractivity contribution >= 4 is 11.7 Å². The van der Waals surface area contributed by atoms with Crippen LogP contribution in [0.25, 0.3) is 0 Å². The number of carboxylic acids is 1. The van der Waals surface area contributed by atoms with Gasteiger partial charge in [-0.1, -0.05) is 0 Å². The quantitative estimate of drug-likeness (QED) is 0.851. The summed E-state index contributed by atoms with van der Waals surface area (Å²) in [4.78, 5) is 17.5. The molecule has 18 heavy (non-hydrogen) atoms. The number of rotatable bonds is 3. The lowest BCUT2D eigenvalue weighted by Crippen LogP contribution is -2.37. The third-order valence-corrected chi connectivity index (χ3v) is 3.35. The van der Waals surface area contributed by atoms with E-state index in [4.69, 9.17) is 5.11 Å². The average Bonchev–Trinajstić information content (AvgIpc) is 2.32. The van der Waals surface area contributed by atoms with Gasteiger partial charge in [-0.05, 0) is 46.0 Å². The lowest BCUT2D eigenvalue weighted by molar-refractivity contribution is 0.0697. The van der Waals surface area contributed by atoms with Crippen LogP contribution >= 0.6 is 0 Å². The molecule has 0 aromatic carbocycles. The third-order valence-electron chi connectivity index (χ3n) is 3.35. The Morgan fingerprint density at radius 3 is 2.78 bits per heavy atom. The van der Waals surface area contributed by atoms with Gasteiger partial charge in [-0.3, -0.25) is 4.98 Å². The first-order valence-electron chi connectivity index (χ1n) is 6.21. The fourth-order valence-electron chi connectivity index (χ4n) is 2.22. The van der Waals surface area contributed by atoms with Crippen LogP contribution < -0.4 is 5.32 Å². The van der Waals surface area contributed by atoms with Gasteiger partial charge in [0.2, 0.25) is 0 Å². The number of aromatic nitrogens is 1. The van der Waals surface area contributed by atoms with Gasteiger partial charge in [-0.15, -0.1) is 0 Å². The molecule has 1 fully saturated rings. The normalized spacial score (nSPS) is 17.7. The number of hydrogen-bond donors (Lipinski definition) is 2. The Morgan fingerprint density at radius 2 is 2.17 bits per heavy atom. The largest absolute Gasteiger partial charge is 0.478 e. The molecule has 1 saturated heterocycles. The van der Waals surface area contributed by atoms with Crippen molar-refractivity contribution in [1.82, 2.24) is 9.88 Å². The molecule has 1 aromatic heterocycles. The summed E-state index contributed by atoms with van der Waals surface area (Å²) in [5, 5.41) is 12.5. The predicted molar refractivity (Wildman–Crippen MR) is 70.1 cm³/mol. The second kappa shape index (κ2) is 5.35. The molecule has 1 aliphatic heterocycles. The number of likely N-dealkylation sites (tertiary alicyclic amines) is 1. The highest BCUT2D eigenvalue weighted by Gasteiger charge is 2.19. The Labute approximate surface area is 107 Å². The molecule has 0 radical (unpaired) electrons. The molecule has 1 aromatic rings. The molecule has 0 unspecified atom stereocenters. The topological polar surface area (TPSA) is 65.5 Å². The number of nitrogens with zero attached hydrogens (tertiary/aromatic N) is 2. The SMILES string of the molecule is Cc1cc(NC2CCN(C)CC2)c(C(=O)O)cn1. The Bertz CT molecular complexity index is 440. The molecule has 2 heterocycles. The first-order valence-corrected chi connectivity index (χ1v) is 6.21. The summed E-state index contributed by atoms with van der Waals surface area (Å²) in [6.07, 6.45) is 3.50. The van der Waals surface area contributed by atoms with Crippen LogP contribution in [0.2, 0.25) is 0 Å². The van der Waals surface area contributed by atoms with Crippen LogP contribution in [0.15, 0.2) is 12.3 Å². The van der Waals surface area contributed by atoms with E-state index in [1.807, 2.05) is 13.0 Å². The zero-order valence-corrected chi connectivity index (χ0v) is 10.8. The molecule has 0 bridgehead atoms. The standard InChI is InChI=1S/C13H19N3O2/c1-9-7-12(11(8-14-9)13(17)18)15-10-3-5-16(2)6-4-10/h7-8,10H,3-6H2,1-2H3,(H,14,15)(H,17,18). The van der Waals surface area contributed by atoms with Crippen LogP contribution in [0.3, 0.4) is 0 Å². The van der Waals surface area contributed by atoms with Crippen LogP contribution in [0.5, 0.6) is 0 Å². The summed E-state index contributed by atoms with van der Waals surface area (Å²) in [7, 11) is 2.11. The summed E-state index contributed by atoms with van der Waals surface area (Å²) in [5.74, 6) is -0.932. The fourth-order valence-corrected chi connectivity index (χ4v) is 2.22. The van der Waals surface area contributed by atoms with E-state index in [-0.39, 0.29) is 5.56 Å². The highest BCUT2D eigenvalue weighted by atomic mass is 16.4. The zero-order valence-electron chi connectivity index (χ0n) is 10.8. The number of aromatic carboxylic acids is 1. The van der Waals surface area contributed by atoms with Gasteiger partial charge in [0.05, 0.1) is 5.69 Å². The van der Waals surface area contributed by atoms with Crippen LogP contribution in [0, 0.1) is 6.92 Å². The van der Waals surface area contributed by atoms with Gasteiger partial charge in [0.25, 0.3) is 0 Å². The van der Waals surface area contributed by atoms with Crippen LogP contribution in [0.4, 0.5) is 5.69 Å². The molecule has 0 spiro atoms. The fraction of sp³-hybridized carbons (Fsp3) is 0.538. The molecule has 0 saturated carbocycles. The smallest absolute Gasteiger partial charge is 0.339 e. The molecule has 0 aliphatic carbocycles. The molecule has 1 aliphatic rings. The number of carboxylic acid groups (broad SMARTS) is 1. The average molecular weight is 249 g/mol. The highest BCUT2D eigenvalue weighted by Crippen LogP contribution is 2.20. The van der Waals surface area contributed by atoms with E-state index >= 15 is 0 Å². The van der Waals surface area contributed by atoms with E-state index in [9.17, 15) is 4.79 Å². The van der Waals surface area contributed by atoms with Gasteiger partial charge in [-0.2, -0.15) is 0 Å². The van der Waals surface area contributed by atoms with E-state index in [2.05, 4.69) is 22.2 Å². The Balaban J connectivity index is 2.12. The molecule has 5 nitrogen and oxygen atoms in total. The zero-order chi connectivity index (χ0) is 13.1. The summed E-state index contributed by atoms with van der Waals surface area (Å²) < 4.78 is 0. The first kappa shape index (κ1) is 12.8. The third kappa shape index (κ3) is 2.98. The summed E-state index contributed by atoms with van der Waals surface area (Å²) >= 11 is 0. The van der Waals surface area contributed by atoms with Crippen molar-refractivity contribution in [3.05, 3.63) is 23.5 Å². The summed E-state index contributed by atoms with van der Waals surface area (Å²) in [6, 6.07) is 2.16. The maximum absolute atomic E-state index is 11.1. The Kier molecular flexibility index (Phi) is 3.81. The molecule has 5 heteroatoms. The number of aryl methyl sites for hydroxylation is 1. The van der Waals surface area contributed by atoms with Crippen molar-refractivity contribution in [3.8, 4) is 0 Å². The molecular formula is C13H19N3O2. The number of hydrogen-bond acceptors (Lipinski definition) is 4. The van der Waals surface area contributed by atoms with Crippen molar-refractivity contribution in [1.29, 1.82) is 0 Å². The number of nitrogens with one attached hydrogen (secondary N) is 1. The minimum Gasteiger partial charge on any atom is -0.478 e. The van der Waals surface area contributed by atoms with E-state index in [1.54, 1.807) is 0 Å². The van der Waals surface area contributed by atoms with E-state index in [0.717, 1.165) is 31.6 Å². The molecule has 98 valence electrons. The lowest BCUT2D eigenvalue weighted by atomic mass is 10.0.